The second-order valence-corrected chi connectivity index (χ2v) is 7.46. The smallest absolute Gasteiger partial charge is 0.246 e. The molecule has 1 fully saturated rings. The predicted molar refractivity (Wildman–Crippen MR) is 71.2 cm³/mol. The first-order valence-electron chi connectivity index (χ1n) is 6.39. The second kappa shape index (κ2) is 5.60. The summed E-state index contributed by atoms with van der Waals surface area (Å²) in [5.41, 5.74) is -0.810. The lowest BCUT2D eigenvalue weighted by Gasteiger charge is -2.41. The lowest BCUT2D eigenvalue weighted by molar-refractivity contribution is -0.131. The molecule has 2 rings (SSSR count). The summed E-state index contributed by atoms with van der Waals surface area (Å²) in [4.78, 5) is -0.585. The van der Waals surface area contributed by atoms with E-state index < -0.39 is 38.3 Å². The zero-order valence-corrected chi connectivity index (χ0v) is 12.5. The monoisotopic (exact) mass is 321 g/mol. The minimum absolute atomic E-state index is 0.0165. The van der Waals surface area contributed by atoms with Gasteiger partial charge < -0.3 is 9.84 Å². The van der Waals surface area contributed by atoms with Crippen molar-refractivity contribution in [2.75, 3.05) is 19.7 Å². The number of benzene rings is 1. The quantitative estimate of drug-likeness (QED) is 0.906. The molecule has 118 valence electrons. The van der Waals surface area contributed by atoms with Gasteiger partial charge in [0.25, 0.3) is 0 Å². The van der Waals surface area contributed by atoms with Crippen molar-refractivity contribution in [1.82, 2.24) is 4.31 Å². The largest absolute Gasteiger partial charge is 0.394 e. The highest BCUT2D eigenvalue weighted by Gasteiger charge is 2.40. The minimum atomic E-state index is -4.12. The molecule has 1 atom stereocenters. The number of nitrogens with zero attached hydrogens (tertiary/aromatic N) is 1. The van der Waals surface area contributed by atoms with Crippen molar-refractivity contribution in [3.8, 4) is 0 Å². The molecule has 1 unspecified atom stereocenters. The van der Waals surface area contributed by atoms with Gasteiger partial charge in [-0.2, -0.15) is 4.31 Å². The van der Waals surface area contributed by atoms with Gasteiger partial charge >= 0.3 is 0 Å². The molecule has 1 aliphatic heterocycles. The van der Waals surface area contributed by atoms with Crippen LogP contribution in [0.25, 0.3) is 0 Å². The number of morpholine rings is 1. The molecule has 1 saturated heterocycles. The molecule has 1 aromatic rings. The van der Waals surface area contributed by atoms with E-state index in [4.69, 9.17) is 4.74 Å². The Labute approximate surface area is 122 Å². The second-order valence-electron chi connectivity index (χ2n) is 5.55. The molecule has 1 aromatic carbocycles. The van der Waals surface area contributed by atoms with Gasteiger partial charge in [-0.15, -0.1) is 0 Å². The molecular weight excluding hydrogens is 304 g/mol. The Hall–Kier alpha value is -1.09. The van der Waals surface area contributed by atoms with Crippen LogP contribution in [0.4, 0.5) is 8.78 Å². The number of rotatable bonds is 3. The van der Waals surface area contributed by atoms with Crippen LogP contribution >= 0.6 is 0 Å². The Morgan fingerprint density at radius 1 is 1.43 bits per heavy atom. The third-order valence-electron chi connectivity index (χ3n) is 3.17. The van der Waals surface area contributed by atoms with E-state index in [0.29, 0.717) is 6.07 Å². The van der Waals surface area contributed by atoms with Crippen LogP contribution < -0.4 is 0 Å². The summed E-state index contributed by atoms with van der Waals surface area (Å²) in [6.45, 7) is 2.94. The third kappa shape index (κ3) is 3.39. The number of hydrogen-bond acceptors (Lipinski definition) is 4. The minimum Gasteiger partial charge on any atom is -0.394 e. The maximum absolute atomic E-state index is 13.7. The van der Waals surface area contributed by atoms with E-state index >= 15 is 0 Å². The molecule has 1 N–H and O–H groups in total. The summed E-state index contributed by atoms with van der Waals surface area (Å²) in [5.74, 6) is -1.98. The summed E-state index contributed by atoms with van der Waals surface area (Å²) in [5, 5.41) is 9.20. The number of aliphatic hydroxyl groups is 1. The number of halogens is 2. The zero-order chi connectivity index (χ0) is 15.8. The maximum Gasteiger partial charge on any atom is 0.246 e. The van der Waals surface area contributed by atoms with E-state index in [-0.39, 0.29) is 19.7 Å². The first kappa shape index (κ1) is 16.3. The topological polar surface area (TPSA) is 66.8 Å². The van der Waals surface area contributed by atoms with E-state index in [9.17, 15) is 22.3 Å². The highest BCUT2D eigenvalue weighted by Crippen LogP contribution is 2.27. The van der Waals surface area contributed by atoms with Crippen molar-refractivity contribution in [2.24, 2.45) is 0 Å². The molecule has 0 radical (unpaired) electrons. The van der Waals surface area contributed by atoms with Crippen LogP contribution in [0.15, 0.2) is 23.1 Å². The Kier molecular flexibility index (Phi) is 4.34. The van der Waals surface area contributed by atoms with E-state index in [1.54, 1.807) is 13.8 Å². The fourth-order valence-electron chi connectivity index (χ4n) is 2.34. The molecule has 0 aliphatic carbocycles. The summed E-state index contributed by atoms with van der Waals surface area (Å²) in [7, 11) is -4.12. The van der Waals surface area contributed by atoms with Gasteiger partial charge in [0, 0.05) is 19.2 Å². The van der Waals surface area contributed by atoms with Crippen molar-refractivity contribution in [1.29, 1.82) is 0 Å². The maximum atomic E-state index is 13.7. The number of hydrogen-bond donors (Lipinski definition) is 1. The normalized spacial score (nSPS) is 23.2. The summed E-state index contributed by atoms with van der Waals surface area (Å²) >= 11 is 0. The average Bonchev–Trinajstić information content (AvgIpc) is 2.36. The highest BCUT2D eigenvalue weighted by atomic mass is 32.2. The molecule has 0 saturated carbocycles. The molecule has 21 heavy (non-hydrogen) atoms. The standard InChI is InChI=1S/C13H17F2NO4S/c1-13(2)8-16(6-10(7-17)20-13)21(18,19)12-4-3-9(14)5-11(12)15/h3-5,10,17H,6-8H2,1-2H3. The van der Waals surface area contributed by atoms with Gasteiger partial charge in [0.1, 0.15) is 16.5 Å². The van der Waals surface area contributed by atoms with Crippen molar-refractivity contribution < 1.29 is 27.0 Å². The molecule has 0 aromatic heterocycles. The van der Waals surface area contributed by atoms with Crippen molar-refractivity contribution in [3.05, 3.63) is 29.8 Å². The molecule has 5 nitrogen and oxygen atoms in total. The van der Waals surface area contributed by atoms with Gasteiger partial charge in [-0.25, -0.2) is 17.2 Å². The average molecular weight is 321 g/mol. The Morgan fingerprint density at radius 2 is 2.10 bits per heavy atom. The third-order valence-corrected chi connectivity index (χ3v) is 5.01. The van der Waals surface area contributed by atoms with E-state index in [0.717, 1.165) is 16.4 Å². The van der Waals surface area contributed by atoms with Gasteiger partial charge in [0.05, 0.1) is 18.3 Å². The lowest BCUT2D eigenvalue weighted by Crippen LogP contribution is -2.55. The van der Waals surface area contributed by atoms with Crippen LogP contribution in [0, 0.1) is 11.6 Å². The molecule has 0 bridgehead atoms. The van der Waals surface area contributed by atoms with Crippen LogP contribution in [-0.4, -0.2) is 49.2 Å². The Morgan fingerprint density at radius 3 is 2.67 bits per heavy atom. The van der Waals surface area contributed by atoms with Crippen molar-refractivity contribution in [2.45, 2.75) is 30.4 Å². The lowest BCUT2D eigenvalue weighted by atomic mass is 10.1. The van der Waals surface area contributed by atoms with Crippen molar-refractivity contribution in [3.63, 3.8) is 0 Å². The van der Waals surface area contributed by atoms with Gasteiger partial charge in [-0.05, 0) is 26.0 Å². The van der Waals surface area contributed by atoms with Crippen molar-refractivity contribution >= 4 is 10.0 Å². The zero-order valence-electron chi connectivity index (χ0n) is 11.7. The Balaban J connectivity index is 2.38. The van der Waals surface area contributed by atoms with Gasteiger partial charge in [0.2, 0.25) is 10.0 Å². The van der Waals surface area contributed by atoms with Gasteiger partial charge in [0.15, 0.2) is 0 Å². The predicted octanol–water partition coefficient (Wildman–Crippen LogP) is 1.13. The van der Waals surface area contributed by atoms with E-state index in [1.807, 2.05) is 0 Å². The molecule has 8 heteroatoms. The van der Waals surface area contributed by atoms with Gasteiger partial charge in [-0.3, -0.25) is 0 Å². The summed E-state index contributed by atoms with van der Waals surface area (Å²) in [6.07, 6.45) is -0.688. The first-order chi connectivity index (χ1) is 9.65. The molecule has 0 spiro atoms. The number of sulfonamides is 1. The highest BCUT2D eigenvalue weighted by molar-refractivity contribution is 7.89. The van der Waals surface area contributed by atoms with Crippen LogP contribution in [0.5, 0.6) is 0 Å². The number of ether oxygens (including phenoxy) is 1. The summed E-state index contributed by atoms with van der Waals surface area (Å²) in [6, 6.07) is 2.32. The molecule has 0 amide bonds. The molecular formula is C13H17F2NO4S. The van der Waals surface area contributed by atoms with Crippen LogP contribution in [-0.2, 0) is 14.8 Å². The summed E-state index contributed by atoms with van der Waals surface area (Å²) < 4.78 is 58.2. The molecule has 1 aliphatic rings. The number of aliphatic hydroxyl groups excluding tert-OH is 1. The SMILES string of the molecule is CC1(C)CN(S(=O)(=O)c2ccc(F)cc2F)CC(CO)O1. The Bertz CT molecular complexity index is 633. The van der Waals surface area contributed by atoms with Gasteiger partial charge in [-0.1, -0.05) is 0 Å². The first-order valence-corrected chi connectivity index (χ1v) is 7.83. The van der Waals surface area contributed by atoms with Crippen LogP contribution in [0.2, 0.25) is 0 Å². The molecule has 1 heterocycles. The van der Waals surface area contributed by atoms with E-state index in [1.165, 1.54) is 0 Å². The fourth-order valence-corrected chi connectivity index (χ4v) is 4.01. The van der Waals surface area contributed by atoms with Crippen LogP contribution in [0.3, 0.4) is 0 Å². The fraction of sp³-hybridized carbons (Fsp3) is 0.538. The van der Waals surface area contributed by atoms with Crippen LogP contribution in [0.1, 0.15) is 13.8 Å². The van der Waals surface area contributed by atoms with E-state index in [2.05, 4.69) is 0 Å².